The van der Waals surface area contributed by atoms with E-state index in [9.17, 15) is 14.4 Å². The number of aromatic nitrogens is 1. The Balaban J connectivity index is 1.57. The molecule has 3 aromatic rings. The minimum Gasteiger partial charge on any atom is -0.454 e. The fourth-order valence-electron chi connectivity index (χ4n) is 2.71. The third kappa shape index (κ3) is 7.28. The molecule has 0 radical (unpaired) electrons. The van der Waals surface area contributed by atoms with Crippen LogP contribution in [0, 0.1) is 6.92 Å². The minimum atomic E-state index is -0.918. The fourth-order valence-corrected chi connectivity index (χ4v) is 3.71. The smallest absolute Gasteiger partial charge is 0.330 e. The van der Waals surface area contributed by atoms with Crippen LogP contribution in [0.5, 0.6) is 0 Å². The third-order valence-corrected chi connectivity index (χ3v) is 5.37. The summed E-state index contributed by atoms with van der Waals surface area (Å²) in [5.74, 6) is 0.0783. The summed E-state index contributed by atoms with van der Waals surface area (Å²) in [5.41, 5.74) is 1.53. The van der Waals surface area contributed by atoms with Crippen molar-refractivity contribution < 1.29 is 23.6 Å². The van der Waals surface area contributed by atoms with E-state index >= 15 is 0 Å². The number of carbonyl (C=O) groups is 3. The third-order valence-electron chi connectivity index (χ3n) is 4.26. The van der Waals surface area contributed by atoms with E-state index in [0.717, 1.165) is 5.56 Å². The largest absolute Gasteiger partial charge is 0.454 e. The number of nitrogens with zero attached hydrogens (tertiary/aromatic N) is 1. The van der Waals surface area contributed by atoms with Gasteiger partial charge in [-0.2, -0.15) is 11.8 Å². The van der Waals surface area contributed by atoms with Crippen molar-refractivity contribution in [1.82, 2.24) is 10.5 Å². The van der Waals surface area contributed by atoms with Gasteiger partial charge < -0.3 is 19.9 Å². The Bertz CT molecular complexity index is 1040. The average Bonchev–Trinajstić information content (AvgIpc) is 3.22. The second-order valence-corrected chi connectivity index (χ2v) is 7.90. The molecule has 0 aliphatic rings. The van der Waals surface area contributed by atoms with Gasteiger partial charge in [-0.05, 0) is 24.6 Å². The molecule has 2 amide bonds. The quantitative estimate of drug-likeness (QED) is 0.454. The van der Waals surface area contributed by atoms with Crippen molar-refractivity contribution in [2.24, 2.45) is 0 Å². The first-order valence-corrected chi connectivity index (χ1v) is 11.0. The van der Waals surface area contributed by atoms with Crippen LogP contribution in [0.15, 0.2) is 71.3 Å². The summed E-state index contributed by atoms with van der Waals surface area (Å²) >= 11 is 1.48. The van der Waals surface area contributed by atoms with Crippen molar-refractivity contribution in [2.45, 2.75) is 18.7 Å². The molecular weight excluding hydrogens is 430 g/mol. The summed E-state index contributed by atoms with van der Waals surface area (Å²) in [5, 5.41) is 8.83. The highest BCUT2D eigenvalue weighted by atomic mass is 32.2. The van der Waals surface area contributed by atoms with E-state index in [2.05, 4.69) is 15.8 Å². The maximum atomic E-state index is 12.6. The molecule has 1 atom stereocenters. The van der Waals surface area contributed by atoms with Crippen molar-refractivity contribution in [2.75, 3.05) is 17.7 Å². The zero-order valence-electron chi connectivity index (χ0n) is 17.4. The monoisotopic (exact) mass is 453 g/mol. The molecule has 0 aliphatic heterocycles. The molecular formula is C23H23N3O5S. The Morgan fingerprint density at radius 1 is 1.06 bits per heavy atom. The topological polar surface area (TPSA) is 111 Å². The highest BCUT2D eigenvalue weighted by Crippen LogP contribution is 2.14. The van der Waals surface area contributed by atoms with Crippen LogP contribution in [0.25, 0.3) is 0 Å². The molecule has 0 bridgehead atoms. The van der Waals surface area contributed by atoms with Gasteiger partial charge in [0.1, 0.15) is 11.8 Å². The summed E-state index contributed by atoms with van der Waals surface area (Å²) in [7, 11) is 0. The van der Waals surface area contributed by atoms with Crippen LogP contribution in [-0.2, 0) is 20.1 Å². The van der Waals surface area contributed by atoms with Gasteiger partial charge in [0.05, 0.1) is 0 Å². The number of amides is 2. The van der Waals surface area contributed by atoms with Crippen LogP contribution in [0.2, 0.25) is 0 Å². The lowest BCUT2D eigenvalue weighted by Gasteiger charge is -2.17. The van der Waals surface area contributed by atoms with Gasteiger partial charge in [0.25, 0.3) is 11.8 Å². The highest BCUT2D eigenvalue weighted by Gasteiger charge is 2.24. The number of hydrogen-bond donors (Lipinski definition) is 2. The van der Waals surface area contributed by atoms with E-state index < -0.39 is 30.4 Å². The maximum Gasteiger partial charge on any atom is 0.330 e. The lowest BCUT2D eigenvalue weighted by molar-refractivity contribution is -0.148. The van der Waals surface area contributed by atoms with Gasteiger partial charge in [-0.3, -0.25) is 9.59 Å². The number of carbonyl (C=O) groups excluding carboxylic acids is 3. The molecule has 0 fully saturated rings. The number of anilines is 1. The van der Waals surface area contributed by atoms with Crippen molar-refractivity contribution in [3.63, 3.8) is 0 Å². The van der Waals surface area contributed by atoms with Crippen LogP contribution in [0.3, 0.4) is 0 Å². The van der Waals surface area contributed by atoms with Gasteiger partial charge in [0.2, 0.25) is 0 Å². The van der Waals surface area contributed by atoms with Crippen LogP contribution in [0.4, 0.5) is 5.82 Å². The molecule has 0 aliphatic carbocycles. The van der Waals surface area contributed by atoms with Gasteiger partial charge in [-0.15, -0.1) is 0 Å². The molecule has 1 aromatic heterocycles. The Morgan fingerprint density at radius 3 is 2.41 bits per heavy atom. The van der Waals surface area contributed by atoms with Crippen molar-refractivity contribution in [3.8, 4) is 0 Å². The number of esters is 1. The Hall–Kier alpha value is -3.59. The van der Waals surface area contributed by atoms with E-state index in [1.807, 2.05) is 30.3 Å². The number of aryl methyl sites for hydroxylation is 1. The first-order chi connectivity index (χ1) is 15.5. The molecule has 0 saturated heterocycles. The van der Waals surface area contributed by atoms with Gasteiger partial charge in [0.15, 0.2) is 12.4 Å². The Morgan fingerprint density at radius 2 is 1.75 bits per heavy atom. The molecule has 9 heteroatoms. The molecule has 166 valence electrons. The predicted molar refractivity (Wildman–Crippen MR) is 121 cm³/mol. The molecule has 2 N–H and O–H groups in total. The second kappa shape index (κ2) is 11.7. The molecule has 0 spiro atoms. The van der Waals surface area contributed by atoms with Crippen molar-refractivity contribution in [1.29, 1.82) is 0 Å². The van der Waals surface area contributed by atoms with E-state index in [0.29, 0.717) is 17.1 Å². The minimum absolute atomic E-state index is 0.232. The standard InChI is InChI=1S/C23H23N3O5S/c1-16-12-20(26-31-16)25-21(27)13-30-23(29)19(15-32-14-17-8-4-2-5-9-17)24-22(28)18-10-6-3-7-11-18/h2-12,19H,13-15H2,1H3,(H,24,28)(H,25,26,27)/t19-/m1/s1. The highest BCUT2D eigenvalue weighted by molar-refractivity contribution is 7.98. The lowest BCUT2D eigenvalue weighted by atomic mass is 10.2. The molecule has 0 unspecified atom stereocenters. The summed E-state index contributed by atoms with van der Waals surface area (Å²) in [6, 6.07) is 19.0. The van der Waals surface area contributed by atoms with Gasteiger partial charge in [0, 0.05) is 23.1 Å². The molecule has 2 aromatic carbocycles. The number of benzene rings is 2. The van der Waals surface area contributed by atoms with Crippen LogP contribution in [-0.4, -0.2) is 41.3 Å². The lowest BCUT2D eigenvalue weighted by Crippen LogP contribution is -2.44. The number of ether oxygens (including phenoxy) is 1. The van der Waals surface area contributed by atoms with Crippen LogP contribution < -0.4 is 10.6 Å². The summed E-state index contributed by atoms with van der Waals surface area (Å²) in [4.78, 5) is 37.2. The number of rotatable bonds is 10. The summed E-state index contributed by atoms with van der Waals surface area (Å²) < 4.78 is 10.0. The van der Waals surface area contributed by atoms with E-state index in [1.54, 1.807) is 43.3 Å². The molecule has 1 heterocycles. The Kier molecular flexibility index (Phi) is 8.44. The van der Waals surface area contributed by atoms with E-state index in [1.165, 1.54) is 11.8 Å². The summed E-state index contributed by atoms with van der Waals surface area (Å²) in [6.45, 7) is 1.18. The fraction of sp³-hybridized carbons (Fsp3) is 0.217. The maximum absolute atomic E-state index is 12.6. The van der Waals surface area contributed by atoms with E-state index in [-0.39, 0.29) is 11.6 Å². The number of thioether (sulfide) groups is 1. The van der Waals surface area contributed by atoms with Crippen molar-refractivity contribution >= 4 is 35.4 Å². The van der Waals surface area contributed by atoms with Gasteiger partial charge in [-0.1, -0.05) is 53.7 Å². The first-order valence-electron chi connectivity index (χ1n) is 9.88. The predicted octanol–water partition coefficient (Wildman–Crippen LogP) is 3.20. The molecule has 3 rings (SSSR count). The SMILES string of the molecule is Cc1cc(NC(=O)COC(=O)[C@@H](CSCc2ccccc2)NC(=O)c2ccccc2)no1. The van der Waals surface area contributed by atoms with Gasteiger partial charge >= 0.3 is 5.97 Å². The van der Waals surface area contributed by atoms with Crippen LogP contribution in [0.1, 0.15) is 21.7 Å². The van der Waals surface area contributed by atoms with Crippen LogP contribution >= 0.6 is 11.8 Å². The molecule has 0 saturated carbocycles. The van der Waals surface area contributed by atoms with Crippen molar-refractivity contribution in [3.05, 3.63) is 83.6 Å². The second-order valence-electron chi connectivity index (χ2n) is 6.87. The average molecular weight is 454 g/mol. The number of hydrogen-bond acceptors (Lipinski definition) is 7. The zero-order valence-corrected chi connectivity index (χ0v) is 18.3. The zero-order chi connectivity index (χ0) is 22.8. The number of nitrogens with one attached hydrogen (secondary N) is 2. The summed E-state index contributed by atoms with van der Waals surface area (Å²) in [6.07, 6.45) is 0. The first kappa shape index (κ1) is 23.1. The van der Waals surface area contributed by atoms with E-state index in [4.69, 9.17) is 9.26 Å². The Labute approximate surface area is 189 Å². The molecule has 8 nitrogen and oxygen atoms in total. The normalized spacial score (nSPS) is 11.4. The van der Waals surface area contributed by atoms with Gasteiger partial charge in [-0.25, -0.2) is 4.79 Å². The molecule has 32 heavy (non-hydrogen) atoms.